The second-order valence-corrected chi connectivity index (χ2v) is 6.57. The molecule has 1 aliphatic rings. The van der Waals surface area contributed by atoms with Gasteiger partial charge in [-0.25, -0.2) is 4.39 Å². The van der Waals surface area contributed by atoms with Crippen LogP contribution >= 0.6 is 23.4 Å². The van der Waals surface area contributed by atoms with E-state index >= 15 is 0 Å². The van der Waals surface area contributed by atoms with Gasteiger partial charge >= 0.3 is 0 Å². The van der Waals surface area contributed by atoms with Crippen molar-refractivity contribution in [3.8, 4) is 0 Å². The molecular formula is C17H17ClFNS. The number of rotatable bonds is 3. The molecule has 0 saturated heterocycles. The number of nitrogens with one attached hydrogen (secondary N) is 1. The molecule has 1 aliphatic heterocycles. The molecule has 4 heteroatoms. The predicted octanol–water partition coefficient (Wildman–Crippen LogP) is 4.46. The first kappa shape index (κ1) is 14.9. The number of fused-ring (bicyclic) bond motifs is 1. The van der Waals surface area contributed by atoms with Crippen molar-refractivity contribution in [3.63, 3.8) is 0 Å². The van der Waals surface area contributed by atoms with E-state index in [9.17, 15) is 4.39 Å². The fraction of sp³-hybridized carbons (Fsp3) is 0.294. The van der Waals surface area contributed by atoms with E-state index in [2.05, 4.69) is 11.4 Å². The number of benzene rings is 2. The Kier molecular flexibility index (Phi) is 4.84. The van der Waals surface area contributed by atoms with Gasteiger partial charge in [-0.05, 0) is 60.8 Å². The summed E-state index contributed by atoms with van der Waals surface area (Å²) in [5.74, 6) is 0.616. The quantitative estimate of drug-likeness (QED) is 0.838. The zero-order chi connectivity index (χ0) is 14.7. The molecule has 21 heavy (non-hydrogen) atoms. The largest absolute Gasteiger partial charge is 0.316 e. The molecular weight excluding hydrogens is 305 g/mol. The Morgan fingerprint density at radius 3 is 2.62 bits per heavy atom. The third-order valence-electron chi connectivity index (χ3n) is 3.73. The van der Waals surface area contributed by atoms with Gasteiger partial charge in [-0.3, -0.25) is 0 Å². The lowest BCUT2D eigenvalue weighted by atomic mass is 10.0. The van der Waals surface area contributed by atoms with Crippen molar-refractivity contribution >= 4 is 23.4 Å². The van der Waals surface area contributed by atoms with Crippen molar-refractivity contribution < 1.29 is 4.39 Å². The van der Waals surface area contributed by atoms with Crippen molar-refractivity contribution in [1.29, 1.82) is 0 Å². The van der Waals surface area contributed by atoms with Crippen LogP contribution in [0.3, 0.4) is 0 Å². The molecule has 1 nitrogen and oxygen atoms in total. The van der Waals surface area contributed by atoms with Gasteiger partial charge in [0.25, 0.3) is 0 Å². The Labute approximate surface area is 133 Å². The fourth-order valence-electron chi connectivity index (χ4n) is 2.60. The summed E-state index contributed by atoms with van der Waals surface area (Å²) in [4.78, 5) is 1.18. The monoisotopic (exact) mass is 321 g/mol. The minimum atomic E-state index is -0.193. The van der Waals surface area contributed by atoms with E-state index in [1.54, 1.807) is 11.8 Å². The minimum absolute atomic E-state index is 0.193. The second-order valence-electron chi connectivity index (χ2n) is 5.18. The fourth-order valence-corrected chi connectivity index (χ4v) is 4.06. The highest BCUT2D eigenvalue weighted by Gasteiger charge is 2.15. The first-order chi connectivity index (χ1) is 10.2. The highest BCUT2D eigenvalue weighted by molar-refractivity contribution is 7.98. The van der Waals surface area contributed by atoms with Crippen LogP contribution in [0.25, 0.3) is 0 Å². The molecule has 2 aromatic rings. The first-order valence-electron chi connectivity index (χ1n) is 7.12. The maximum atomic E-state index is 12.9. The molecule has 0 amide bonds. The first-order valence-corrected chi connectivity index (χ1v) is 8.48. The minimum Gasteiger partial charge on any atom is -0.316 e. The van der Waals surface area contributed by atoms with Crippen LogP contribution in [0.1, 0.15) is 16.7 Å². The van der Waals surface area contributed by atoms with Gasteiger partial charge in [0.1, 0.15) is 5.82 Å². The predicted molar refractivity (Wildman–Crippen MR) is 87.7 cm³/mol. The summed E-state index contributed by atoms with van der Waals surface area (Å²) >= 11 is 8.15. The van der Waals surface area contributed by atoms with Gasteiger partial charge in [-0.1, -0.05) is 29.8 Å². The molecule has 0 aliphatic carbocycles. The van der Waals surface area contributed by atoms with Gasteiger partial charge in [0, 0.05) is 10.6 Å². The molecule has 0 bridgehead atoms. The molecule has 0 unspecified atom stereocenters. The van der Waals surface area contributed by atoms with Gasteiger partial charge in [0.05, 0.1) is 5.02 Å². The van der Waals surface area contributed by atoms with Crippen molar-refractivity contribution in [2.75, 3.05) is 13.1 Å². The number of hydrogen-bond acceptors (Lipinski definition) is 2. The molecule has 0 aromatic heterocycles. The number of hydrogen-bond donors (Lipinski definition) is 1. The summed E-state index contributed by atoms with van der Waals surface area (Å²) in [6.07, 6.45) is 2.07. The summed E-state index contributed by atoms with van der Waals surface area (Å²) in [7, 11) is 0. The van der Waals surface area contributed by atoms with Crippen LogP contribution in [0.15, 0.2) is 41.3 Å². The Balaban J connectivity index is 1.82. The van der Waals surface area contributed by atoms with Crippen molar-refractivity contribution in [2.45, 2.75) is 23.5 Å². The molecule has 0 spiro atoms. The maximum absolute atomic E-state index is 12.9. The van der Waals surface area contributed by atoms with E-state index in [-0.39, 0.29) is 5.82 Å². The van der Waals surface area contributed by atoms with Crippen molar-refractivity contribution in [1.82, 2.24) is 5.32 Å². The highest BCUT2D eigenvalue weighted by Crippen LogP contribution is 2.35. The average molecular weight is 322 g/mol. The van der Waals surface area contributed by atoms with Gasteiger partial charge < -0.3 is 5.32 Å². The van der Waals surface area contributed by atoms with Crippen molar-refractivity contribution in [3.05, 3.63) is 63.9 Å². The average Bonchev–Trinajstić information content (AvgIpc) is 2.73. The maximum Gasteiger partial charge on any atom is 0.123 e. The molecule has 0 radical (unpaired) electrons. The molecule has 0 saturated carbocycles. The summed E-state index contributed by atoms with van der Waals surface area (Å²) in [6, 6.07) is 10.8. The topological polar surface area (TPSA) is 12.0 Å². The van der Waals surface area contributed by atoms with Crippen LogP contribution in [-0.4, -0.2) is 13.1 Å². The van der Waals surface area contributed by atoms with Gasteiger partial charge in [0.2, 0.25) is 0 Å². The van der Waals surface area contributed by atoms with Crippen LogP contribution < -0.4 is 5.32 Å². The van der Waals surface area contributed by atoms with Crippen LogP contribution in [-0.2, 0) is 18.6 Å². The Morgan fingerprint density at radius 1 is 1.05 bits per heavy atom. The lowest BCUT2D eigenvalue weighted by Gasteiger charge is -2.14. The van der Waals surface area contributed by atoms with Gasteiger partial charge in [-0.15, -0.1) is 11.8 Å². The summed E-state index contributed by atoms with van der Waals surface area (Å²) < 4.78 is 12.9. The number of halogens is 2. The van der Waals surface area contributed by atoms with E-state index < -0.39 is 0 Å². The highest BCUT2D eigenvalue weighted by atomic mass is 35.5. The summed E-state index contributed by atoms with van der Waals surface area (Å²) in [5.41, 5.74) is 3.88. The third kappa shape index (κ3) is 3.60. The van der Waals surface area contributed by atoms with E-state index in [0.29, 0.717) is 0 Å². The molecule has 1 heterocycles. The van der Waals surface area contributed by atoms with Crippen molar-refractivity contribution in [2.24, 2.45) is 0 Å². The van der Waals surface area contributed by atoms with Gasteiger partial charge in [0.15, 0.2) is 0 Å². The smallest absolute Gasteiger partial charge is 0.123 e. The molecule has 1 N–H and O–H groups in total. The molecule has 0 atom stereocenters. The van der Waals surface area contributed by atoms with E-state index in [0.717, 1.165) is 42.3 Å². The molecule has 3 rings (SSSR count). The van der Waals surface area contributed by atoms with E-state index in [4.69, 9.17) is 11.6 Å². The van der Waals surface area contributed by atoms with E-state index in [1.165, 1.54) is 28.2 Å². The Hall–Kier alpha value is -1.03. The second kappa shape index (κ2) is 6.82. The lowest BCUT2D eigenvalue weighted by Crippen LogP contribution is -2.16. The number of thioether (sulfide) groups is 1. The van der Waals surface area contributed by atoms with Crippen LogP contribution in [0.2, 0.25) is 5.02 Å². The normalized spacial score (nSPS) is 14.6. The lowest BCUT2D eigenvalue weighted by molar-refractivity contribution is 0.627. The summed E-state index contributed by atoms with van der Waals surface area (Å²) in [5, 5.41) is 4.25. The Bertz CT molecular complexity index is 627. The standard InChI is InChI=1S/C17H17ClFNS/c18-16-6-3-13-7-9-20-10-8-15(13)17(16)21-11-12-1-4-14(19)5-2-12/h1-6,20H,7-11H2. The van der Waals surface area contributed by atoms with Gasteiger partial charge in [-0.2, -0.15) is 0 Å². The molecule has 110 valence electrons. The zero-order valence-electron chi connectivity index (χ0n) is 11.7. The van der Waals surface area contributed by atoms with Crippen LogP contribution in [0.5, 0.6) is 0 Å². The van der Waals surface area contributed by atoms with Crippen LogP contribution in [0.4, 0.5) is 4.39 Å². The Morgan fingerprint density at radius 2 is 1.81 bits per heavy atom. The molecule has 0 fully saturated rings. The molecule has 2 aromatic carbocycles. The zero-order valence-corrected chi connectivity index (χ0v) is 13.2. The van der Waals surface area contributed by atoms with E-state index in [1.807, 2.05) is 18.2 Å². The summed E-state index contributed by atoms with van der Waals surface area (Å²) in [6.45, 7) is 2.02. The third-order valence-corrected chi connectivity index (χ3v) is 5.39. The SMILES string of the molecule is Fc1ccc(CSc2c(Cl)ccc3c2CCNCC3)cc1. The van der Waals surface area contributed by atoms with Crippen LogP contribution in [0, 0.1) is 5.82 Å².